The molecule has 3 heterocycles. The van der Waals surface area contributed by atoms with Crippen LogP contribution in [0.5, 0.6) is 11.5 Å². The van der Waals surface area contributed by atoms with E-state index in [9.17, 15) is 0 Å². The summed E-state index contributed by atoms with van der Waals surface area (Å²) in [5.74, 6) is 2.46. The summed E-state index contributed by atoms with van der Waals surface area (Å²) in [5.41, 5.74) is 2.36. The molecule has 0 radical (unpaired) electrons. The van der Waals surface area contributed by atoms with E-state index in [0.29, 0.717) is 6.79 Å². The molecule has 1 aromatic heterocycles. The van der Waals surface area contributed by atoms with E-state index in [-0.39, 0.29) is 5.41 Å². The fraction of sp³-hybridized carbons (Fsp3) is 0.545. The van der Waals surface area contributed by atoms with Crippen molar-refractivity contribution in [2.75, 3.05) is 40.1 Å². The second-order valence-electron chi connectivity index (χ2n) is 7.81. The smallest absolute Gasteiger partial charge is 0.231 e. The van der Waals surface area contributed by atoms with Crippen LogP contribution >= 0.6 is 11.3 Å². The van der Waals surface area contributed by atoms with E-state index in [0.717, 1.165) is 73.7 Å². The highest BCUT2D eigenvalue weighted by Gasteiger charge is 2.35. The van der Waals surface area contributed by atoms with Crippen LogP contribution < -0.4 is 20.1 Å². The molecule has 2 N–H and O–H groups in total. The molecule has 0 spiro atoms. The van der Waals surface area contributed by atoms with Crippen molar-refractivity contribution >= 4 is 17.3 Å². The Balaban J connectivity index is 1.39. The number of hydrogen-bond acceptors (Lipinski definition) is 6. The van der Waals surface area contributed by atoms with Gasteiger partial charge >= 0.3 is 0 Å². The highest BCUT2D eigenvalue weighted by molar-refractivity contribution is 7.11. The lowest BCUT2D eigenvalue weighted by Crippen LogP contribution is -2.48. The zero-order valence-electron chi connectivity index (χ0n) is 17.9. The number of nitrogens with zero attached hydrogens (tertiary/aromatic N) is 2. The zero-order valence-corrected chi connectivity index (χ0v) is 18.7. The van der Waals surface area contributed by atoms with Gasteiger partial charge in [0.1, 0.15) is 0 Å². The Labute approximate surface area is 181 Å². The minimum atomic E-state index is -0.0274. The Bertz CT molecular complexity index is 886. The average Bonchev–Trinajstić information content (AvgIpc) is 3.36. The van der Waals surface area contributed by atoms with Crippen LogP contribution in [0.25, 0.3) is 0 Å². The zero-order chi connectivity index (χ0) is 21.0. The quantitative estimate of drug-likeness (QED) is 0.542. The minimum absolute atomic E-state index is 0.0274. The topological polar surface area (TPSA) is 77.0 Å². The Morgan fingerprint density at radius 1 is 1.17 bits per heavy atom. The standard InChI is InChI=1S/C22H30N4O3S/c1-15-16(2)30-20(26-15)6-9-24-21(23-3)25-13-22(7-10-27-11-8-22)17-4-5-18-19(12-17)29-14-28-18/h4-5,12H,6-11,13-14H2,1-3H3,(H2,23,24,25). The molecule has 2 aliphatic heterocycles. The molecule has 0 amide bonds. The maximum Gasteiger partial charge on any atom is 0.231 e. The summed E-state index contributed by atoms with van der Waals surface area (Å²) in [6, 6.07) is 6.29. The van der Waals surface area contributed by atoms with Gasteiger partial charge < -0.3 is 24.8 Å². The number of thiazole rings is 1. The molecule has 0 aliphatic carbocycles. The molecule has 0 saturated carbocycles. The predicted octanol–water partition coefficient (Wildman–Crippen LogP) is 2.94. The predicted molar refractivity (Wildman–Crippen MR) is 119 cm³/mol. The molecule has 1 aromatic carbocycles. The molecule has 7 nitrogen and oxygen atoms in total. The summed E-state index contributed by atoms with van der Waals surface area (Å²) in [6.07, 6.45) is 2.80. The van der Waals surface area contributed by atoms with Gasteiger partial charge in [0, 0.05) is 50.1 Å². The van der Waals surface area contributed by atoms with E-state index in [1.165, 1.54) is 10.4 Å². The fourth-order valence-corrected chi connectivity index (χ4v) is 4.90. The lowest BCUT2D eigenvalue weighted by molar-refractivity contribution is 0.0513. The van der Waals surface area contributed by atoms with Crippen LogP contribution in [-0.4, -0.2) is 51.1 Å². The molecule has 0 unspecified atom stereocenters. The average molecular weight is 431 g/mol. The molecular formula is C22H30N4O3S. The maximum absolute atomic E-state index is 5.66. The Morgan fingerprint density at radius 3 is 2.70 bits per heavy atom. The summed E-state index contributed by atoms with van der Waals surface area (Å²) in [7, 11) is 1.81. The summed E-state index contributed by atoms with van der Waals surface area (Å²) >= 11 is 1.77. The number of aromatic nitrogens is 1. The van der Waals surface area contributed by atoms with Crippen LogP contribution in [0.15, 0.2) is 23.2 Å². The number of ether oxygens (including phenoxy) is 3. The molecule has 30 heavy (non-hydrogen) atoms. The van der Waals surface area contributed by atoms with E-state index in [4.69, 9.17) is 14.2 Å². The first kappa shape index (κ1) is 20.9. The van der Waals surface area contributed by atoms with Gasteiger partial charge in [-0.25, -0.2) is 4.98 Å². The van der Waals surface area contributed by atoms with E-state index in [1.54, 1.807) is 11.3 Å². The van der Waals surface area contributed by atoms with Gasteiger partial charge in [0.15, 0.2) is 17.5 Å². The van der Waals surface area contributed by atoms with Gasteiger partial charge in [-0.15, -0.1) is 11.3 Å². The normalized spacial score (nSPS) is 17.8. The third-order valence-corrected chi connectivity index (χ3v) is 7.09. The minimum Gasteiger partial charge on any atom is -0.454 e. The van der Waals surface area contributed by atoms with E-state index >= 15 is 0 Å². The van der Waals surface area contributed by atoms with Crippen molar-refractivity contribution in [2.45, 2.75) is 38.5 Å². The number of guanidine groups is 1. The molecule has 1 saturated heterocycles. The lowest BCUT2D eigenvalue weighted by atomic mass is 9.74. The Morgan fingerprint density at radius 2 is 1.97 bits per heavy atom. The largest absolute Gasteiger partial charge is 0.454 e. The highest BCUT2D eigenvalue weighted by atomic mass is 32.1. The number of nitrogens with one attached hydrogen (secondary N) is 2. The monoisotopic (exact) mass is 430 g/mol. The van der Waals surface area contributed by atoms with Crippen molar-refractivity contribution in [2.24, 2.45) is 4.99 Å². The number of fused-ring (bicyclic) bond motifs is 1. The van der Waals surface area contributed by atoms with Crippen molar-refractivity contribution in [3.63, 3.8) is 0 Å². The summed E-state index contributed by atoms with van der Waals surface area (Å²) in [6.45, 7) is 7.57. The van der Waals surface area contributed by atoms with Gasteiger partial charge in [-0.2, -0.15) is 0 Å². The second-order valence-corrected chi connectivity index (χ2v) is 9.10. The molecule has 162 valence electrons. The molecule has 2 aromatic rings. The number of benzene rings is 1. The van der Waals surface area contributed by atoms with Gasteiger partial charge in [0.05, 0.1) is 10.7 Å². The number of aliphatic imine (C=N–C) groups is 1. The van der Waals surface area contributed by atoms with Crippen molar-refractivity contribution < 1.29 is 14.2 Å². The molecule has 1 fully saturated rings. The van der Waals surface area contributed by atoms with E-state index < -0.39 is 0 Å². The first-order valence-electron chi connectivity index (χ1n) is 10.4. The summed E-state index contributed by atoms with van der Waals surface area (Å²) in [4.78, 5) is 10.3. The van der Waals surface area contributed by atoms with Gasteiger partial charge in [0.25, 0.3) is 0 Å². The van der Waals surface area contributed by atoms with Crippen LogP contribution in [-0.2, 0) is 16.6 Å². The van der Waals surface area contributed by atoms with Crippen LogP contribution in [0, 0.1) is 13.8 Å². The van der Waals surface area contributed by atoms with Gasteiger partial charge in [0.2, 0.25) is 6.79 Å². The van der Waals surface area contributed by atoms with Crippen molar-refractivity contribution in [3.8, 4) is 11.5 Å². The SMILES string of the molecule is CN=C(NCCc1nc(C)c(C)s1)NCC1(c2ccc3c(c2)OCO3)CCOCC1. The first-order valence-corrected chi connectivity index (χ1v) is 11.3. The second kappa shape index (κ2) is 9.22. The number of rotatable bonds is 6. The third kappa shape index (κ3) is 4.54. The van der Waals surface area contributed by atoms with E-state index in [2.05, 4.69) is 46.6 Å². The van der Waals surface area contributed by atoms with Gasteiger partial charge in [-0.1, -0.05) is 6.07 Å². The van der Waals surface area contributed by atoms with Gasteiger partial charge in [-0.05, 0) is 44.4 Å². The third-order valence-electron chi connectivity index (χ3n) is 5.96. The van der Waals surface area contributed by atoms with Crippen LogP contribution in [0.1, 0.15) is 34.0 Å². The van der Waals surface area contributed by atoms with Crippen LogP contribution in [0.2, 0.25) is 0 Å². The van der Waals surface area contributed by atoms with Crippen LogP contribution in [0.4, 0.5) is 0 Å². The highest BCUT2D eigenvalue weighted by Crippen LogP contribution is 2.40. The van der Waals surface area contributed by atoms with Crippen molar-refractivity contribution in [1.82, 2.24) is 15.6 Å². The number of hydrogen-bond donors (Lipinski definition) is 2. The first-order chi connectivity index (χ1) is 14.6. The van der Waals surface area contributed by atoms with Crippen molar-refractivity contribution in [3.05, 3.63) is 39.3 Å². The molecule has 0 atom stereocenters. The Hall–Kier alpha value is -2.32. The van der Waals surface area contributed by atoms with Gasteiger partial charge in [-0.3, -0.25) is 4.99 Å². The molecule has 4 rings (SSSR count). The maximum atomic E-state index is 5.66. The molecule has 8 heteroatoms. The summed E-state index contributed by atoms with van der Waals surface area (Å²) in [5, 5.41) is 8.13. The lowest BCUT2D eigenvalue weighted by Gasteiger charge is -2.38. The summed E-state index contributed by atoms with van der Waals surface area (Å²) < 4.78 is 16.8. The molecule has 2 aliphatic rings. The fourth-order valence-electron chi connectivity index (χ4n) is 3.96. The number of aryl methyl sites for hydroxylation is 2. The Kier molecular flexibility index (Phi) is 6.43. The van der Waals surface area contributed by atoms with Crippen LogP contribution in [0.3, 0.4) is 0 Å². The molecule has 0 bridgehead atoms. The van der Waals surface area contributed by atoms with E-state index in [1.807, 2.05) is 13.1 Å². The van der Waals surface area contributed by atoms with Crippen molar-refractivity contribution in [1.29, 1.82) is 0 Å². The molecular weight excluding hydrogens is 400 g/mol.